The molecule has 0 unspecified atom stereocenters. The molecule has 0 saturated heterocycles. The molecule has 5 heteroatoms. The van der Waals surface area contributed by atoms with Gasteiger partial charge in [0.1, 0.15) is 10.8 Å². The van der Waals surface area contributed by atoms with E-state index in [4.69, 9.17) is 11.6 Å². The minimum atomic E-state index is 0.414. The third-order valence-electron chi connectivity index (χ3n) is 1.31. The van der Waals surface area contributed by atoms with Crippen LogP contribution in [0.1, 0.15) is 0 Å². The van der Waals surface area contributed by atoms with Crippen molar-refractivity contribution >= 4 is 11.6 Å². The van der Waals surface area contributed by atoms with E-state index in [1.54, 1.807) is 18.2 Å². The predicted octanol–water partition coefficient (Wildman–Crippen LogP) is 1.78. The summed E-state index contributed by atoms with van der Waals surface area (Å²) in [7, 11) is 0. The molecule has 60 valence electrons. The number of halogens is 1. The minimum Gasteiger partial charge on any atom is -0.342 e. The largest absolute Gasteiger partial charge is 0.342 e. The first-order valence-corrected chi connectivity index (χ1v) is 3.63. The number of rotatable bonds is 1. The highest BCUT2D eigenvalue weighted by Crippen LogP contribution is 2.13. The van der Waals surface area contributed by atoms with E-state index >= 15 is 0 Å². The Morgan fingerprint density at radius 1 is 1.33 bits per heavy atom. The lowest BCUT2D eigenvalue weighted by Gasteiger charge is -1.92. The maximum atomic E-state index is 5.66. The summed E-state index contributed by atoms with van der Waals surface area (Å²) in [6, 6.07) is 5.23. The highest BCUT2D eigenvalue weighted by molar-refractivity contribution is 6.29. The average molecular weight is 182 g/mol. The van der Waals surface area contributed by atoms with Crippen LogP contribution in [0.3, 0.4) is 0 Å². The smallest absolute Gasteiger partial charge is 0.220 e. The van der Waals surface area contributed by atoms with Crippen LogP contribution >= 0.6 is 11.6 Å². The Bertz CT molecular complexity index is 374. The van der Waals surface area contributed by atoms with Gasteiger partial charge in [-0.15, -0.1) is 0 Å². The Balaban J connectivity index is 2.48. The van der Waals surface area contributed by atoms with E-state index in [-0.39, 0.29) is 0 Å². The first kappa shape index (κ1) is 7.24. The molecule has 0 aliphatic rings. The van der Waals surface area contributed by atoms with Gasteiger partial charge in [0.25, 0.3) is 0 Å². The number of hydrogen-bond donors (Lipinski definition) is 0. The van der Waals surface area contributed by atoms with Crippen LogP contribution in [0, 0.1) is 0 Å². The van der Waals surface area contributed by atoms with Gasteiger partial charge in [0.15, 0.2) is 0 Å². The van der Waals surface area contributed by atoms with Crippen LogP contribution in [0.4, 0.5) is 0 Å². The van der Waals surface area contributed by atoms with Gasteiger partial charge in [-0.3, -0.25) is 0 Å². The fourth-order valence-electron chi connectivity index (χ4n) is 0.816. The van der Waals surface area contributed by atoms with Crippen molar-refractivity contribution in [2.45, 2.75) is 0 Å². The van der Waals surface area contributed by atoms with E-state index in [1.165, 1.54) is 6.39 Å². The molecule has 0 spiro atoms. The molecule has 0 N–H and O–H groups in total. The Morgan fingerprint density at radius 2 is 2.25 bits per heavy atom. The molecule has 0 amide bonds. The van der Waals surface area contributed by atoms with Gasteiger partial charge >= 0.3 is 0 Å². The number of nitrogens with zero attached hydrogens (tertiary/aromatic N) is 3. The van der Waals surface area contributed by atoms with E-state index in [9.17, 15) is 0 Å². The van der Waals surface area contributed by atoms with Crippen molar-refractivity contribution in [3.05, 3.63) is 29.7 Å². The van der Waals surface area contributed by atoms with Crippen molar-refractivity contribution in [1.82, 2.24) is 15.1 Å². The van der Waals surface area contributed by atoms with Crippen molar-refractivity contribution in [3.63, 3.8) is 0 Å². The van der Waals surface area contributed by atoms with E-state index in [0.29, 0.717) is 16.7 Å². The molecule has 0 atom stereocenters. The predicted molar refractivity (Wildman–Crippen MR) is 42.5 cm³/mol. The lowest BCUT2D eigenvalue weighted by Crippen LogP contribution is -1.84. The zero-order chi connectivity index (χ0) is 8.39. The van der Waals surface area contributed by atoms with Crippen molar-refractivity contribution in [2.75, 3.05) is 0 Å². The second kappa shape index (κ2) is 2.91. The van der Waals surface area contributed by atoms with E-state index < -0.39 is 0 Å². The van der Waals surface area contributed by atoms with Crippen LogP contribution in [0.15, 0.2) is 29.1 Å². The van der Waals surface area contributed by atoms with Gasteiger partial charge in [0.2, 0.25) is 12.2 Å². The molecule has 0 fully saturated rings. The van der Waals surface area contributed by atoms with Crippen LogP contribution < -0.4 is 0 Å². The van der Waals surface area contributed by atoms with Gasteiger partial charge in [0.05, 0.1) is 0 Å². The zero-order valence-electron chi connectivity index (χ0n) is 5.94. The summed E-state index contributed by atoms with van der Waals surface area (Å²) in [6.45, 7) is 0. The third kappa shape index (κ3) is 1.29. The SMILES string of the molecule is Clc1cccc(-c2ncon2)n1. The van der Waals surface area contributed by atoms with Crippen LogP contribution in [0.25, 0.3) is 11.5 Å². The van der Waals surface area contributed by atoms with Gasteiger partial charge in [0, 0.05) is 0 Å². The van der Waals surface area contributed by atoms with Crippen LogP contribution in [-0.4, -0.2) is 15.1 Å². The molecule has 0 aliphatic carbocycles. The number of hydrogen-bond acceptors (Lipinski definition) is 4. The van der Waals surface area contributed by atoms with E-state index in [2.05, 4.69) is 19.6 Å². The van der Waals surface area contributed by atoms with Gasteiger partial charge in [-0.1, -0.05) is 22.8 Å². The minimum absolute atomic E-state index is 0.414. The van der Waals surface area contributed by atoms with Crippen molar-refractivity contribution in [1.29, 1.82) is 0 Å². The second-order valence-corrected chi connectivity index (χ2v) is 2.49. The lowest BCUT2D eigenvalue weighted by molar-refractivity contribution is 0.418. The van der Waals surface area contributed by atoms with Gasteiger partial charge < -0.3 is 4.52 Å². The van der Waals surface area contributed by atoms with E-state index in [1.807, 2.05) is 0 Å². The molecule has 4 nitrogen and oxygen atoms in total. The normalized spacial score (nSPS) is 10.1. The summed E-state index contributed by atoms with van der Waals surface area (Å²) in [5.74, 6) is 0.442. The highest BCUT2D eigenvalue weighted by Gasteiger charge is 2.03. The van der Waals surface area contributed by atoms with Crippen LogP contribution in [0.5, 0.6) is 0 Å². The van der Waals surface area contributed by atoms with E-state index in [0.717, 1.165) is 0 Å². The molecule has 0 bridgehead atoms. The first-order chi connectivity index (χ1) is 5.86. The summed E-state index contributed by atoms with van der Waals surface area (Å²) in [4.78, 5) is 7.82. The van der Waals surface area contributed by atoms with Crippen LogP contribution in [-0.2, 0) is 0 Å². The molecular formula is C7H4ClN3O. The summed E-state index contributed by atoms with van der Waals surface area (Å²) in [5.41, 5.74) is 0.608. The lowest BCUT2D eigenvalue weighted by atomic mass is 10.3. The molecule has 0 aliphatic heterocycles. The molecule has 12 heavy (non-hydrogen) atoms. The monoisotopic (exact) mass is 181 g/mol. The average Bonchev–Trinajstić information content (AvgIpc) is 2.56. The quantitative estimate of drug-likeness (QED) is 0.630. The third-order valence-corrected chi connectivity index (χ3v) is 1.52. The summed E-state index contributed by atoms with van der Waals surface area (Å²) in [6.07, 6.45) is 1.25. The van der Waals surface area contributed by atoms with Gasteiger partial charge in [-0.2, -0.15) is 4.98 Å². The fourth-order valence-corrected chi connectivity index (χ4v) is 0.980. The Labute approximate surface area is 73.2 Å². The topological polar surface area (TPSA) is 51.8 Å². The zero-order valence-corrected chi connectivity index (χ0v) is 6.69. The van der Waals surface area contributed by atoms with Crippen molar-refractivity contribution in [3.8, 4) is 11.5 Å². The summed E-state index contributed by atoms with van der Waals surface area (Å²) >= 11 is 5.66. The Morgan fingerprint density at radius 3 is 2.92 bits per heavy atom. The maximum Gasteiger partial charge on any atom is 0.220 e. The highest BCUT2D eigenvalue weighted by atomic mass is 35.5. The van der Waals surface area contributed by atoms with Crippen molar-refractivity contribution in [2.24, 2.45) is 0 Å². The molecule has 2 aromatic rings. The molecule has 0 saturated carbocycles. The number of pyridine rings is 1. The second-order valence-electron chi connectivity index (χ2n) is 2.10. The van der Waals surface area contributed by atoms with Gasteiger partial charge in [-0.25, -0.2) is 4.98 Å². The van der Waals surface area contributed by atoms with Crippen LogP contribution in [0.2, 0.25) is 5.15 Å². The molecule has 0 aromatic carbocycles. The Hall–Kier alpha value is -1.42. The molecule has 2 heterocycles. The number of aromatic nitrogens is 3. The summed E-state index contributed by atoms with van der Waals surface area (Å²) in [5, 5.41) is 4.03. The van der Waals surface area contributed by atoms with Crippen molar-refractivity contribution < 1.29 is 4.52 Å². The first-order valence-electron chi connectivity index (χ1n) is 3.25. The molecular weight excluding hydrogens is 178 g/mol. The summed E-state index contributed by atoms with van der Waals surface area (Å²) < 4.78 is 4.56. The molecule has 0 radical (unpaired) electrons. The Kier molecular flexibility index (Phi) is 1.75. The fraction of sp³-hybridized carbons (Fsp3) is 0. The molecule has 2 rings (SSSR count). The molecule has 2 aromatic heterocycles. The standard InChI is InChI=1S/C7H4ClN3O/c8-6-3-1-2-5(10-6)7-9-4-12-11-7/h1-4H. The maximum absolute atomic E-state index is 5.66. The van der Waals surface area contributed by atoms with Gasteiger partial charge in [-0.05, 0) is 12.1 Å².